The van der Waals surface area contributed by atoms with Crippen LogP contribution in [0.5, 0.6) is 0 Å². The summed E-state index contributed by atoms with van der Waals surface area (Å²) in [5.74, 6) is -2.05. The number of hydrogen-bond donors (Lipinski definition) is 3. The third-order valence-electron chi connectivity index (χ3n) is 4.71. The highest BCUT2D eigenvalue weighted by atomic mass is 16.4. The largest absolute Gasteiger partial charge is 0.481 e. The Bertz CT molecular complexity index is 597. The molecule has 2 unspecified atom stereocenters. The number of carboxylic acid groups (broad SMARTS) is 1. The second-order valence-electron chi connectivity index (χ2n) is 6.69. The lowest BCUT2D eigenvalue weighted by molar-refractivity contribution is -0.141. The van der Waals surface area contributed by atoms with Crippen molar-refractivity contribution in [3.05, 3.63) is 35.9 Å². The number of rotatable bonds is 8. The van der Waals surface area contributed by atoms with Crippen molar-refractivity contribution in [1.82, 2.24) is 10.6 Å². The molecule has 25 heavy (non-hydrogen) atoms. The van der Waals surface area contributed by atoms with E-state index in [4.69, 9.17) is 0 Å². The zero-order chi connectivity index (χ0) is 18.2. The maximum Gasteiger partial charge on any atom is 0.308 e. The van der Waals surface area contributed by atoms with E-state index in [9.17, 15) is 19.5 Å². The molecule has 0 heterocycles. The molecule has 1 aliphatic carbocycles. The first-order valence-electron chi connectivity index (χ1n) is 8.79. The molecule has 0 spiro atoms. The molecule has 2 rings (SSSR count). The molecule has 3 N–H and O–H groups in total. The van der Waals surface area contributed by atoms with E-state index in [1.807, 2.05) is 30.3 Å². The predicted molar refractivity (Wildman–Crippen MR) is 93.8 cm³/mol. The molecular formula is C19H26N2O4. The first kappa shape index (κ1) is 19.0. The fraction of sp³-hybridized carbons (Fsp3) is 0.526. The van der Waals surface area contributed by atoms with Gasteiger partial charge in [-0.05, 0) is 30.7 Å². The lowest BCUT2D eigenvalue weighted by atomic mass is 9.96. The smallest absolute Gasteiger partial charge is 0.308 e. The molecule has 1 aliphatic rings. The van der Waals surface area contributed by atoms with Crippen molar-refractivity contribution in [1.29, 1.82) is 0 Å². The van der Waals surface area contributed by atoms with Crippen LogP contribution in [0.3, 0.4) is 0 Å². The SMILES string of the molecule is CC(=O)NC(C(=O)NCC(Cc1ccccc1)C(=O)O)C1CCCC1. The minimum absolute atomic E-state index is 0.0475. The van der Waals surface area contributed by atoms with Gasteiger partial charge in [-0.2, -0.15) is 0 Å². The zero-order valence-corrected chi connectivity index (χ0v) is 14.5. The van der Waals surface area contributed by atoms with Gasteiger partial charge >= 0.3 is 5.97 Å². The molecule has 0 saturated heterocycles. The van der Waals surface area contributed by atoms with Crippen molar-refractivity contribution in [2.75, 3.05) is 6.54 Å². The van der Waals surface area contributed by atoms with Gasteiger partial charge in [-0.3, -0.25) is 14.4 Å². The van der Waals surface area contributed by atoms with E-state index in [0.717, 1.165) is 31.2 Å². The van der Waals surface area contributed by atoms with Crippen LogP contribution in [0.15, 0.2) is 30.3 Å². The Hall–Kier alpha value is -2.37. The summed E-state index contributed by atoms with van der Waals surface area (Å²) in [7, 11) is 0. The second kappa shape index (κ2) is 9.20. The highest BCUT2D eigenvalue weighted by Crippen LogP contribution is 2.28. The molecule has 0 aliphatic heterocycles. The lowest BCUT2D eigenvalue weighted by Crippen LogP contribution is -2.51. The van der Waals surface area contributed by atoms with Crippen LogP contribution >= 0.6 is 0 Å². The average molecular weight is 346 g/mol. The molecule has 2 atom stereocenters. The minimum atomic E-state index is -0.943. The molecule has 1 aromatic rings. The number of benzene rings is 1. The fourth-order valence-electron chi connectivity index (χ4n) is 3.39. The van der Waals surface area contributed by atoms with E-state index in [1.54, 1.807) is 0 Å². The summed E-state index contributed by atoms with van der Waals surface area (Å²) in [5.41, 5.74) is 0.915. The first-order valence-corrected chi connectivity index (χ1v) is 8.79. The summed E-state index contributed by atoms with van der Waals surface area (Å²) in [4.78, 5) is 35.4. The quantitative estimate of drug-likeness (QED) is 0.668. The van der Waals surface area contributed by atoms with Crippen molar-refractivity contribution in [3.8, 4) is 0 Å². The van der Waals surface area contributed by atoms with Crippen LogP contribution in [0.25, 0.3) is 0 Å². The van der Waals surface area contributed by atoms with Crippen LogP contribution in [0.4, 0.5) is 0 Å². The molecule has 0 aromatic heterocycles. The van der Waals surface area contributed by atoms with Gasteiger partial charge in [0.05, 0.1) is 5.92 Å². The molecule has 0 radical (unpaired) electrons. The molecule has 6 nitrogen and oxygen atoms in total. The van der Waals surface area contributed by atoms with Gasteiger partial charge in [-0.1, -0.05) is 43.2 Å². The normalized spacial score (nSPS) is 16.8. The molecular weight excluding hydrogens is 320 g/mol. The molecule has 2 amide bonds. The Labute approximate surface area is 148 Å². The summed E-state index contributed by atoms with van der Waals surface area (Å²) in [6.45, 7) is 1.44. The van der Waals surface area contributed by atoms with Gasteiger partial charge in [-0.25, -0.2) is 0 Å². The standard InChI is InChI=1S/C19H26N2O4/c1-13(22)21-17(15-9-5-6-10-15)18(23)20-12-16(19(24)25)11-14-7-3-2-4-8-14/h2-4,7-8,15-17H,5-6,9-12H2,1H3,(H,20,23)(H,21,22)(H,24,25). The minimum Gasteiger partial charge on any atom is -0.481 e. The Morgan fingerprint density at radius 2 is 1.80 bits per heavy atom. The van der Waals surface area contributed by atoms with Crippen LogP contribution in [0.1, 0.15) is 38.2 Å². The average Bonchev–Trinajstić information content (AvgIpc) is 3.11. The summed E-state index contributed by atoms with van der Waals surface area (Å²) in [6, 6.07) is 8.76. The van der Waals surface area contributed by atoms with Gasteiger partial charge in [-0.15, -0.1) is 0 Å². The summed E-state index contributed by atoms with van der Waals surface area (Å²) in [6.07, 6.45) is 4.28. The molecule has 0 bridgehead atoms. The van der Waals surface area contributed by atoms with E-state index in [1.165, 1.54) is 6.92 Å². The van der Waals surface area contributed by atoms with Crippen molar-refractivity contribution in [2.24, 2.45) is 11.8 Å². The van der Waals surface area contributed by atoms with Gasteiger partial charge in [0.25, 0.3) is 0 Å². The van der Waals surface area contributed by atoms with Gasteiger partial charge in [0.2, 0.25) is 11.8 Å². The van der Waals surface area contributed by atoms with Crippen molar-refractivity contribution < 1.29 is 19.5 Å². The van der Waals surface area contributed by atoms with Crippen LogP contribution in [-0.4, -0.2) is 35.5 Å². The highest BCUT2D eigenvalue weighted by molar-refractivity contribution is 5.87. The number of hydrogen-bond acceptors (Lipinski definition) is 3. The van der Waals surface area contributed by atoms with Crippen LogP contribution in [0.2, 0.25) is 0 Å². The Balaban J connectivity index is 1.95. The van der Waals surface area contributed by atoms with Crippen molar-refractivity contribution >= 4 is 17.8 Å². The van der Waals surface area contributed by atoms with Gasteiger partial charge < -0.3 is 15.7 Å². The molecule has 1 fully saturated rings. The van der Waals surface area contributed by atoms with E-state index in [2.05, 4.69) is 10.6 Å². The van der Waals surface area contributed by atoms with E-state index in [0.29, 0.717) is 6.42 Å². The predicted octanol–water partition coefficient (Wildman–Crippen LogP) is 1.74. The van der Waals surface area contributed by atoms with Gasteiger partial charge in [0, 0.05) is 13.5 Å². The van der Waals surface area contributed by atoms with E-state index >= 15 is 0 Å². The number of carboxylic acids is 1. The summed E-state index contributed by atoms with van der Waals surface area (Å²) < 4.78 is 0. The van der Waals surface area contributed by atoms with E-state index in [-0.39, 0.29) is 24.3 Å². The van der Waals surface area contributed by atoms with Crippen molar-refractivity contribution in [3.63, 3.8) is 0 Å². The maximum atomic E-state index is 12.5. The maximum absolute atomic E-state index is 12.5. The topological polar surface area (TPSA) is 95.5 Å². The van der Waals surface area contributed by atoms with Gasteiger partial charge in [0.1, 0.15) is 6.04 Å². The summed E-state index contributed by atoms with van der Waals surface area (Å²) >= 11 is 0. The first-order chi connectivity index (χ1) is 12.0. The molecule has 1 saturated carbocycles. The second-order valence-corrected chi connectivity index (χ2v) is 6.69. The Morgan fingerprint density at radius 1 is 1.16 bits per heavy atom. The van der Waals surface area contributed by atoms with Crippen LogP contribution in [-0.2, 0) is 20.8 Å². The van der Waals surface area contributed by atoms with Crippen LogP contribution < -0.4 is 10.6 Å². The molecule has 136 valence electrons. The Kier molecular flexibility index (Phi) is 6.98. The monoisotopic (exact) mass is 346 g/mol. The number of carbonyl (C=O) groups excluding carboxylic acids is 2. The lowest BCUT2D eigenvalue weighted by Gasteiger charge is -2.24. The number of aliphatic carboxylic acids is 1. The fourth-order valence-corrected chi connectivity index (χ4v) is 3.39. The van der Waals surface area contributed by atoms with Gasteiger partial charge in [0.15, 0.2) is 0 Å². The Morgan fingerprint density at radius 3 is 2.36 bits per heavy atom. The van der Waals surface area contributed by atoms with E-state index < -0.39 is 17.9 Å². The number of nitrogens with one attached hydrogen (secondary N) is 2. The van der Waals surface area contributed by atoms with Crippen molar-refractivity contribution in [2.45, 2.75) is 45.1 Å². The zero-order valence-electron chi connectivity index (χ0n) is 14.5. The van der Waals surface area contributed by atoms with Crippen LogP contribution in [0, 0.1) is 11.8 Å². The number of amides is 2. The number of carbonyl (C=O) groups is 3. The summed E-state index contributed by atoms with van der Waals surface area (Å²) in [5, 5.41) is 14.9. The third kappa shape index (κ3) is 5.89. The third-order valence-corrected chi connectivity index (χ3v) is 4.71. The molecule has 1 aromatic carbocycles. The highest BCUT2D eigenvalue weighted by Gasteiger charge is 2.32. The molecule has 6 heteroatoms.